The number of hydrogen-bond donors (Lipinski definition) is 2. The van der Waals surface area contributed by atoms with Crippen molar-refractivity contribution in [3.05, 3.63) is 0 Å². The molecule has 20 heavy (non-hydrogen) atoms. The van der Waals surface area contributed by atoms with Crippen LogP contribution in [0.5, 0.6) is 0 Å². The van der Waals surface area contributed by atoms with Gasteiger partial charge in [0.1, 0.15) is 0 Å². The highest BCUT2D eigenvalue weighted by atomic mass is 16.2. The van der Waals surface area contributed by atoms with Gasteiger partial charge in [-0.1, -0.05) is 13.8 Å². The second-order valence-corrected chi connectivity index (χ2v) is 6.89. The van der Waals surface area contributed by atoms with Crippen molar-refractivity contribution in [1.29, 1.82) is 0 Å². The Morgan fingerprint density at radius 1 is 1.20 bits per heavy atom. The standard InChI is InChI=1S/C16H35N3O/c1-8-19(9-2)12-10-11-13(3)18-14(20)15(4,5)16(6,7)17/h13H,8-12,17H2,1-7H3,(H,18,20). The maximum absolute atomic E-state index is 12.3. The van der Waals surface area contributed by atoms with E-state index in [1.165, 1.54) is 0 Å². The van der Waals surface area contributed by atoms with Crippen molar-refractivity contribution in [1.82, 2.24) is 10.2 Å². The van der Waals surface area contributed by atoms with Crippen molar-refractivity contribution in [2.45, 2.75) is 72.9 Å². The van der Waals surface area contributed by atoms with E-state index in [1.807, 2.05) is 27.7 Å². The van der Waals surface area contributed by atoms with Gasteiger partial charge in [-0.3, -0.25) is 4.79 Å². The molecule has 0 bridgehead atoms. The van der Waals surface area contributed by atoms with Gasteiger partial charge in [0.15, 0.2) is 0 Å². The fourth-order valence-corrected chi connectivity index (χ4v) is 1.93. The summed E-state index contributed by atoms with van der Waals surface area (Å²) in [6.07, 6.45) is 2.11. The summed E-state index contributed by atoms with van der Waals surface area (Å²) in [6, 6.07) is 0.194. The number of carbonyl (C=O) groups excluding carboxylic acids is 1. The molecule has 3 N–H and O–H groups in total. The highest BCUT2D eigenvalue weighted by Gasteiger charge is 2.40. The summed E-state index contributed by atoms with van der Waals surface area (Å²) >= 11 is 0. The molecule has 120 valence electrons. The zero-order chi connectivity index (χ0) is 16.0. The molecule has 1 amide bonds. The average Bonchev–Trinajstić information content (AvgIpc) is 2.33. The van der Waals surface area contributed by atoms with E-state index in [2.05, 4.69) is 31.0 Å². The lowest BCUT2D eigenvalue weighted by atomic mass is 9.74. The quantitative estimate of drug-likeness (QED) is 0.684. The predicted octanol–water partition coefficient (Wildman–Crippen LogP) is 2.38. The van der Waals surface area contributed by atoms with Gasteiger partial charge in [-0.2, -0.15) is 0 Å². The van der Waals surface area contributed by atoms with Crippen LogP contribution in [-0.4, -0.2) is 42.0 Å². The van der Waals surface area contributed by atoms with Crippen molar-refractivity contribution in [2.24, 2.45) is 11.1 Å². The average molecular weight is 285 g/mol. The van der Waals surface area contributed by atoms with Gasteiger partial charge in [0, 0.05) is 11.6 Å². The zero-order valence-corrected chi connectivity index (χ0v) is 14.5. The van der Waals surface area contributed by atoms with E-state index in [-0.39, 0.29) is 11.9 Å². The second-order valence-electron chi connectivity index (χ2n) is 6.89. The van der Waals surface area contributed by atoms with Crippen LogP contribution < -0.4 is 11.1 Å². The number of nitrogens with one attached hydrogen (secondary N) is 1. The topological polar surface area (TPSA) is 58.4 Å². The molecule has 0 heterocycles. The van der Waals surface area contributed by atoms with Crippen LogP contribution in [0.15, 0.2) is 0 Å². The normalized spacial score (nSPS) is 14.4. The first-order chi connectivity index (χ1) is 9.06. The maximum atomic E-state index is 12.3. The summed E-state index contributed by atoms with van der Waals surface area (Å²) in [5.74, 6) is 0.0420. The summed E-state index contributed by atoms with van der Waals surface area (Å²) in [6.45, 7) is 17.3. The van der Waals surface area contributed by atoms with Crippen LogP contribution >= 0.6 is 0 Å². The van der Waals surface area contributed by atoms with E-state index in [0.717, 1.165) is 32.5 Å². The highest BCUT2D eigenvalue weighted by Crippen LogP contribution is 2.28. The van der Waals surface area contributed by atoms with Gasteiger partial charge >= 0.3 is 0 Å². The van der Waals surface area contributed by atoms with E-state index in [1.54, 1.807) is 0 Å². The molecule has 0 aromatic heterocycles. The number of carbonyl (C=O) groups is 1. The molecular weight excluding hydrogens is 250 g/mol. The van der Waals surface area contributed by atoms with Crippen LogP contribution in [0.2, 0.25) is 0 Å². The third-order valence-electron chi connectivity index (χ3n) is 4.56. The van der Waals surface area contributed by atoms with Crippen molar-refractivity contribution >= 4 is 5.91 Å². The third-order valence-corrected chi connectivity index (χ3v) is 4.56. The molecule has 0 spiro atoms. The molecule has 1 unspecified atom stereocenters. The molecule has 0 radical (unpaired) electrons. The number of rotatable bonds is 9. The molecule has 0 aliphatic heterocycles. The summed E-state index contributed by atoms with van der Waals surface area (Å²) in [4.78, 5) is 14.7. The number of nitrogens with zero attached hydrogens (tertiary/aromatic N) is 1. The van der Waals surface area contributed by atoms with Crippen LogP contribution in [0.3, 0.4) is 0 Å². The van der Waals surface area contributed by atoms with Crippen LogP contribution in [0, 0.1) is 5.41 Å². The molecule has 4 nitrogen and oxygen atoms in total. The van der Waals surface area contributed by atoms with E-state index in [4.69, 9.17) is 5.73 Å². The minimum Gasteiger partial charge on any atom is -0.353 e. The molecule has 1 atom stereocenters. The zero-order valence-electron chi connectivity index (χ0n) is 14.5. The molecule has 0 aromatic carbocycles. The largest absolute Gasteiger partial charge is 0.353 e. The Morgan fingerprint density at radius 2 is 1.70 bits per heavy atom. The minimum absolute atomic E-state index is 0.0420. The second kappa shape index (κ2) is 7.99. The van der Waals surface area contributed by atoms with Crippen LogP contribution in [0.25, 0.3) is 0 Å². The Hall–Kier alpha value is -0.610. The first-order valence-corrected chi connectivity index (χ1v) is 7.88. The highest BCUT2D eigenvalue weighted by molar-refractivity contribution is 5.83. The van der Waals surface area contributed by atoms with E-state index < -0.39 is 11.0 Å². The molecule has 0 saturated heterocycles. The van der Waals surface area contributed by atoms with Crippen molar-refractivity contribution in [2.75, 3.05) is 19.6 Å². The van der Waals surface area contributed by atoms with Crippen LogP contribution in [-0.2, 0) is 4.79 Å². The molecule has 0 aliphatic rings. The fourth-order valence-electron chi connectivity index (χ4n) is 1.93. The van der Waals surface area contributed by atoms with Gasteiger partial charge in [0.25, 0.3) is 0 Å². The first kappa shape index (κ1) is 19.4. The smallest absolute Gasteiger partial charge is 0.227 e. The van der Waals surface area contributed by atoms with Gasteiger partial charge < -0.3 is 16.0 Å². The summed E-state index contributed by atoms with van der Waals surface area (Å²) < 4.78 is 0. The molecule has 0 rings (SSSR count). The van der Waals surface area contributed by atoms with Crippen molar-refractivity contribution in [3.8, 4) is 0 Å². The predicted molar refractivity (Wildman–Crippen MR) is 86.7 cm³/mol. The Morgan fingerprint density at radius 3 is 2.10 bits per heavy atom. The third kappa shape index (κ3) is 5.80. The lowest BCUT2D eigenvalue weighted by molar-refractivity contribution is -0.132. The molecule has 0 aliphatic carbocycles. The molecule has 0 fully saturated rings. The van der Waals surface area contributed by atoms with Gasteiger partial charge in [-0.15, -0.1) is 0 Å². The molecule has 4 heteroatoms. The van der Waals surface area contributed by atoms with Crippen molar-refractivity contribution in [3.63, 3.8) is 0 Å². The Kier molecular flexibility index (Phi) is 7.74. The number of nitrogens with two attached hydrogens (primary N) is 1. The monoisotopic (exact) mass is 285 g/mol. The van der Waals surface area contributed by atoms with Gasteiger partial charge in [-0.05, 0) is 67.1 Å². The van der Waals surface area contributed by atoms with E-state index in [0.29, 0.717) is 0 Å². The fraction of sp³-hybridized carbons (Fsp3) is 0.938. The Labute approximate surface area is 125 Å². The molecular formula is C16H35N3O. The van der Waals surface area contributed by atoms with Crippen LogP contribution in [0.4, 0.5) is 0 Å². The summed E-state index contributed by atoms with van der Waals surface area (Å²) in [5, 5.41) is 3.10. The van der Waals surface area contributed by atoms with Crippen molar-refractivity contribution < 1.29 is 4.79 Å². The van der Waals surface area contributed by atoms with Gasteiger partial charge in [0.05, 0.1) is 5.41 Å². The van der Waals surface area contributed by atoms with Crippen LogP contribution in [0.1, 0.15) is 61.3 Å². The maximum Gasteiger partial charge on any atom is 0.227 e. The number of amides is 1. The lowest BCUT2D eigenvalue weighted by Gasteiger charge is -2.37. The van der Waals surface area contributed by atoms with Gasteiger partial charge in [-0.25, -0.2) is 0 Å². The lowest BCUT2D eigenvalue weighted by Crippen LogP contribution is -2.56. The van der Waals surface area contributed by atoms with E-state index in [9.17, 15) is 4.79 Å². The minimum atomic E-state index is -0.569. The Balaban J connectivity index is 4.21. The number of hydrogen-bond acceptors (Lipinski definition) is 3. The molecule has 0 saturated carbocycles. The summed E-state index contributed by atoms with van der Waals surface area (Å²) in [5.41, 5.74) is 5.00. The first-order valence-electron chi connectivity index (χ1n) is 7.88. The molecule has 0 aromatic rings. The SMILES string of the molecule is CCN(CC)CCCC(C)NC(=O)C(C)(C)C(C)(C)N. The Bertz CT molecular complexity index is 291. The summed E-state index contributed by atoms with van der Waals surface area (Å²) in [7, 11) is 0. The van der Waals surface area contributed by atoms with Gasteiger partial charge in [0.2, 0.25) is 5.91 Å². The van der Waals surface area contributed by atoms with E-state index >= 15 is 0 Å².